The van der Waals surface area contributed by atoms with Gasteiger partial charge >= 0.3 is 0 Å². The van der Waals surface area contributed by atoms with Crippen molar-refractivity contribution in [2.45, 2.75) is 52.0 Å². The molecule has 0 spiro atoms. The zero-order valence-corrected chi connectivity index (χ0v) is 7.90. The van der Waals surface area contributed by atoms with Gasteiger partial charge in [-0.3, -0.25) is 0 Å². The van der Waals surface area contributed by atoms with E-state index in [0.717, 1.165) is 12.0 Å². The summed E-state index contributed by atoms with van der Waals surface area (Å²) in [6.45, 7) is 5.87. The van der Waals surface area contributed by atoms with Crippen LogP contribution in [0.4, 0.5) is 0 Å². The molecular weight excluding hydrogens is 134 g/mol. The minimum Gasteiger partial charge on any atom is -0.314 e. The van der Waals surface area contributed by atoms with E-state index in [1.54, 1.807) is 0 Å². The number of rotatable bonds is 3. The monoisotopic (exact) mass is 155 g/mol. The highest BCUT2D eigenvalue weighted by Crippen LogP contribution is 2.20. The quantitative estimate of drug-likeness (QED) is 0.660. The third-order valence-electron chi connectivity index (χ3n) is 2.97. The summed E-state index contributed by atoms with van der Waals surface area (Å²) in [6, 6.07) is 0.832. The van der Waals surface area contributed by atoms with Crippen LogP contribution in [0.1, 0.15) is 46.0 Å². The molecule has 1 aliphatic heterocycles. The van der Waals surface area contributed by atoms with Gasteiger partial charge in [0.15, 0.2) is 0 Å². The average Bonchev–Trinajstić information content (AvgIpc) is 2.09. The number of hydrogen-bond acceptors (Lipinski definition) is 1. The molecular formula is C10H21N. The predicted molar refractivity (Wildman–Crippen MR) is 49.7 cm³/mol. The molecule has 0 bridgehead atoms. The van der Waals surface area contributed by atoms with Crippen LogP contribution in [0.15, 0.2) is 0 Å². The molecule has 11 heavy (non-hydrogen) atoms. The van der Waals surface area contributed by atoms with Gasteiger partial charge in [0, 0.05) is 6.04 Å². The highest BCUT2D eigenvalue weighted by molar-refractivity contribution is 4.77. The SMILES string of the molecule is CCC(CC)C1CCCCN1. The molecule has 0 radical (unpaired) electrons. The Kier molecular flexibility index (Phi) is 3.92. The van der Waals surface area contributed by atoms with Crippen LogP contribution in [0.5, 0.6) is 0 Å². The molecule has 1 aliphatic rings. The van der Waals surface area contributed by atoms with Gasteiger partial charge in [-0.2, -0.15) is 0 Å². The van der Waals surface area contributed by atoms with Crippen LogP contribution in [0.25, 0.3) is 0 Å². The second-order valence-corrected chi connectivity index (χ2v) is 3.63. The lowest BCUT2D eigenvalue weighted by atomic mass is 9.88. The Hall–Kier alpha value is -0.0400. The van der Waals surface area contributed by atoms with Crippen molar-refractivity contribution in [3.63, 3.8) is 0 Å². The Morgan fingerprint density at radius 2 is 2.00 bits per heavy atom. The summed E-state index contributed by atoms with van der Waals surface area (Å²) >= 11 is 0. The van der Waals surface area contributed by atoms with E-state index in [0.29, 0.717) is 0 Å². The fraction of sp³-hybridized carbons (Fsp3) is 1.00. The van der Waals surface area contributed by atoms with Crippen LogP contribution in [-0.2, 0) is 0 Å². The van der Waals surface area contributed by atoms with Gasteiger partial charge in [0.05, 0.1) is 0 Å². The fourth-order valence-corrected chi connectivity index (χ4v) is 2.14. The van der Waals surface area contributed by atoms with Gasteiger partial charge in [-0.05, 0) is 25.3 Å². The van der Waals surface area contributed by atoms with Crippen LogP contribution < -0.4 is 5.32 Å². The first kappa shape index (κ1) is 9.05. The second-order valence-electron chi connectivity index (χ2n) is 3.63. The zero-order valence-electron chi connectivity index (χ0n) is 7.90. The van der Waals surface area contributed by atoms with Crippen LogP contribution in [0.2, 0.25) is 0 Å². The first-order valence-electron chi connectivity index (χ1n) is 5.11. The van der Waals surface area contributed by atoms with Crippen LogP contribution >= 0.6 is 0 Å². The van der Waals surface area contributed by atoms with Gasteiger partial charge in [-0.25, -0.2) is 0 Å². The van der Waals surface area contributed by atoms with Crippen LogP contribution in [0.3, 0.4) is 0 Å². The molecule has 1 saturated heterocycles. The fourth-order valence-electron chi connectivity index (χ4n) is 2.14. The molecule has 0 aromatic rings. The minimum absolute atomic E-state index is 0.832. The Labute approximate surface area is 70.6 Å². The summed E-state index contributed by atoms with van der Waals surface area (Å²) in [4.78, 5) is 0. The molecule has 66 valence electrons. The van der Waals surface area contributed by atoms with E-state index in [4.69, 9.17) is 0 Å². The van der Waals surface area contributed by atoms with E-state index in [1.165, 1.54) is 38.6 Å². The summed E-state index contributed by atoms with van der Waals surface area (Å²) < 4.78 is 0. The molecule has 0 saturated carbocycles. The van der Waals surface area contributed by atoms with Crippen molar-refractivity contribution in [3.05, 3.63) is 0 Å². The second kappa shape index (κ2) is 4.76. The normalized spacial score (nSPS) is 25.9. The van der Waals surface area contributed by atoms with Gasteiger partial charge in [0.25, 0.3) is 0 Å². The van der Waals surface area contributed by atoms with Crippen molar-refractivity contribution in [2.24, 2.45) is 5.92 Å². The van der Waals surface area contributed by atoms with Crippen molar-refractivity contribution in [1.82, 2.24) is 5.32 Å². The van der Waals surface area contributed by atoms with Gasteiger partial charge in [0.2, 0.25) is 0 Å². The van der Waals surface area contributed by atoms with E-state index in [9.17, 15) is 0 Å². The number of piperidine rings is 1. The number of nitrogens with one attached hydrogen (secondary N) is 1. The Morgan fingerprint density at radius 1 is 1.27 bits per heavy atom. The van der Waals surface area contributed by atoms with Crippen molar-refractivity contribution >= 4 is 0 Å². The summed E-state index contributed by atoms with van der Waals surface area (Å²) in [5.41, 5.74) is 0. The maximum atomic E-state index is 3.62. The van der Waals surface area contributed by atoms with E-state index >= 15 is 0 Å². The summed E-state index contributed by atoms with van der Waals surface area (Å²) in [5, 5.41) is 3.62. The van der Waals surface area contributed by atoms with Crippen molar-refractivity contribution in [3.8, 4) is 0 Å². The third kappa shape index (κ3) is 2.48. The topological polar surface area (TPSA) is 12.0 Å². The molecule has 1 fully saturated rings. The third-order valence-corrected chi connectivity index (χ3v) is 2.97. The van der Waals surface area contributed by atoms with Crippen LogP contribution in [-0.4, -0.2) is 12.6 Å². The van der Waals surface area contributed by atoms with E-state index in [-0.39, 0.29) is 0 Å². The summed E-state index contributed by atoms with van der Waals surface area (Å²) in [5.74, 6) is 0.926. The first-order valence-corrected chi connectivity index (χ1v) is 5.11. The highest BCUT2D eigenvalue weighted by atomic mass is 14.9. The van der Waals surface area contributed by atoms with Crippen LogP contribution in [0, 0.1) is 5.92 Å². The molecule has 0 aromatic carbocycles. The molecule has 1 atom stereocenters. The molecule has 1 N–H and O–H groups in total. The van der Waals surface area contributed by atoms with E-state index in [2.05, 4.69) is 19.2 Å². The zero-order chi connectivity index (χ0) is 8.10. The van der Waals surface area contributed by atoms with Crippen molar-refractivity contribution in [2.75, 3.05) is 6.54 Å². The predicted octanol–water partition coefficient (Wildman–Crippen LogP) is 2.56. The maximum absolute atomic E-state index is 3.62. The Bertz CT molecular complexity index is 91.0. The molecule has 1 rings (SSSR count). The first-order chi connectivity index (χ1) is 5.38. The lowest BCUT2D eigenvalue weighted by Gasteiger charge is -2.30. The Morgan fingerprint density at radius 3 is 2.45 bits per heavy atom. The smallest absolute Gasteiger partial charge is 0.00951 e. The maximum Gasteiger partial charge on any atom is 0.00951 e. The largest absolute Gasteiger partial charge is 0.314 e. The molecule has 1 heteroatoms. The molecule has 0 amide bonds. The molecule has 1 unspecified atom stereocenters. The van der Waals surface area contributed by atoms with Gasteiger partial charge in [0.1, 0.15) is 0 Å². The van der Waals surface area contributed by atoms with Gasteiger partial charge in [-0.15, -0.1) is 0 Å². The standard InChI is InChI=1S/C10H21N/c1-3-9(4-2)10-7-5-6-8-11-10/h9-11H,3-8H2,1-2H3. The lowest BCUT2D eigenvalue weighted by molar-refractivity contribution is 0.281. The van der Waals surface area contributed by atoms with Gasteiger partial charge < -0.3 is 5.32 Å². The summed E-state index contributed by atoms with van der Waals surface area (Å²) in [6.07, 6.45) is 6.92. The van der Waals surface area contributed by atoms with Crippen molar-refractivity contribution < 1.29 is 0 Å². The molecule has 0 aromatic heterocycles. The molecule has 0 aliphatic carbocycles. The summed E-state index contributed by atoms with van der Waals surface area (Å²) in [7, 11) is 0. The highest BCUT2D eigenvalue weighted by Gasteiger charge is 2.19. The van der Waals surface area contributed by atoms with Gasteiger partial charge in [-0.1, -0.05) is 33.1 Å². The Balaban J connectivity index is 2.30. The molecule has 1 heterocycles. The minimum atomic E-state index is 0.832. The lowest BCUT2D eigenvalue weighted by Crippen LogP contribution is -2.39. The van der Waals surface area contributed by atoms with Crippen molar-refractivity contribution in [1.29, 1.82) is 0 Å². The molecule has 1 nitrogen and oxygen atoms in total. The van der Waals surface area contributed by atoms with E-state index in [1.807, 2.05) is 0 Å². The number of hydrogen-bond donors (Lipinski definition) is 1. The average molecular weight is 155 g/mol. The van der Waals surface area contributed by atoms with E-state index < -0.39 is 0 Å².